The lowest BCUT2D eigenvalue weighted by Gasteiger charge is -2.20. The van der Waals surface area contributed by atoms with Crippen LogP contribution in [-0.4, -0.2) is 28.7 Å². The number of nitrogens with one attached hydrogen (secondary N) is 1. The van der Waals surface area contributed by atoms with Crippen LogP contribution in [0.5, 0.6) is 0 Å². The van der Waals surface area contributed by atoms with E-state index in [9.17, 15) is 0 Å². The Kier molecular flexibility index (Phi) is 2.66. The summed E-state index contributed by atoms with van der Waals surface area (Å²) in [6.45, 7) is 2.00. The Balaban J connectivity index is 1.48. The normalized spacial score (nSPS) is 32.0. The summed E-state index contributed by atoms with van der Waals surface area (Å²) >= 11 is 0. The monoisotopic (exact) mass is 247 g/mol. The molecule has 1 saturated heterocycles. The van der Waals surface area contributed by atoms with Gasteiger partial charge in [-0.25, -0.2) is 4.98 Å². The molecule has 2 aliphatic carbocycles. The summed E-state index contributed by atoms with van der Waals surface area (Å²) in [5.41, 5.74) is 1.30. The molecule has 0 bridgehead atoms. The van der Waals surface area contributed by atoms with Crippen molar-refractivity contribution in [2.45, 2.75) is 50.3 Å². The molecule has 4 heteroatoms. The molecular formula is C14H21N3O. The highest BCUT2D eigenvalue weighted by Crippen LogP contribution is 2.41. The van der Waals surface area contributed by atoms with Crippen molar-refractivity contribution in [3.63, 3.8) is 0 Å². The van der Waals surface area contributed by atoms with E-state index in [1.54, 1.807) is 0 Å². The standard InChI is InChI=1S/C14H21N3O/c1-2-11(1)16-7-10-5-6-18-14(10)13-8-15-9-17(13)12-3-4-12/h8-12,14,16H,1-7H2. The summed E-state index contributed by atoms with van der Waals surface area (Å²) < 4.78 is 8.33. The molecule has 2 saturated carbocycles. The second kappa shape index (κ2) is 4.35. The summed E-state index contributed by atoms with van der Waals surface area (Å²) in [5, 5.41) is 3.65. The van der Waals surface area contributed by atoms with Crippen LogP contribution in [0, 0.1) is 5.92 Å². The van der Waals surface area contributed by atoms with Crippen molar-refractivity contribution in [1.82, 2.24) is 14.9 Å². The largest absolute Gasteiger partial charge is 0.372 e. The first-order chi connectivity index (χ1) is 8.92. The fourth-order valence-electron chi connectivity index (χ4n) is 2.97. The number of hydrogen-bond donors (Lipinski definition) is 1. The Bertz CT molecular complexity index is 422. The molecule has 4 nitrogen and oxygen atoms in total. The maximum Gasteiger partial charge on any atom is 0.103 e. The van der Waals surface area contributed by atoms with E-state index in [-0.39, 0.29) is 6.10 Å². The molecule has 0 spiro atoms. The van der Waals surface area contributed by atoms with E-state index in [0.717, 1.165) is 19.2 Å². The average Bonchev–Trinajstić information content (AvgIpc) is 3.30. The molecule has 0 amide bonds. The number of ether oxygens (including phenoxy) is 1. The third kappa shape index (κ3) is 2.08. The number of imidazole rings is 1. The minimum Gasteiger partial charge on any atom is -0.372 e. The topological polar surface area (TPSA) is 39.1 Å². The third-order valence-electron chi connectivity index (χ3n) is 4.39. The van der Waals surface area contributed by atoms with E-state index >= 15 is 0 Å². The Hall–Kier alpha value is -0.870. The molecule has 0 radical (unpaired) electrons. The highest BCUT2D eigenvalue weighted by molar-refractivity contribution is 5.10. The summed E-state index contributed by atoms with van der Waals surface area (Å²) in [5.74, 6) is 0.625. The van der Waals surface area contributed by atoms with Crippen LogP contribution in [-0.2, 0) is 4.74 Å². The summed E-state index contributed by atoms with van der Waals surface area (Å²) in [6.07, 6.45) is 10.8. The van der Waals surface area contributed by atoms with Crippen molar-refractivity contribution < 1.29 is 4.74 Å². The first-order valence-electron chi connectivity index (χ1n) is 7.28. The number of aromatic nitrogens is 2. The summed E-state index contributed by atoms with van der Waals surface area (Å²) in [4.78, 5) is 4.33. The second-order valence-electron chi connectivity index (χ2n) is 5.98. The van der Waals surface area contributed by atoms with Gasteiger partial charge in [0.05, 0.1) is 18.2 Å². The fraction of sp³-hybridized carbons (Fsp3) is 0.786. The number of rotatable bonds is 5. The molecular weight excluding hydrogens is 226 g/mol. The Morgan fingerprint density at radius 2 is 2.17 bits per heavy atom. The van der Waals surface area contributed by atoms with E-state index in [2.05, 4.69) is 14.9 Å². The lowest BCUT2D eigenvalue weighted by molar-refractivity contribution is 0.0838. The first kappa shape index (κ1) is 11.0. The zero-order valence-electron chi connectivity index (χ0n) is 10.7. The van der Waals surface area contributed by atoms with Crippen molar-refractivity contribution >= 4 is 0 Å². The van der Waals surface area contributed by atoms with Crippen LogP contribution in [0.3, 0.4) is 0 Å². The maximum atomic E-state index is 5.98. The predicted octanol–water partition coefficient (Wildman–Crippen LogP) is 2.05. The van der Waals surface area contributed by atoms with Crippen LogP contribution in [0.2, 0.25) is 0 Å². The van der Waals surface area contributed by atoms with Gasteiger partial charge in [-0.3, -0.25) is 0 Å². The quantitative estimate of drug-likeness (QED) is 0.865. The molecule has 2 atom stereocenters. The van der Waals surface area contributed by atoms with Gasteiger partial charge in [0, 0.05) is 31.2 Å². The number of nitrogens with zero attached hydrogens (tertiary/aromatic N) is 2. The third-order valence-corrected chi connectivity index (χ3v) is 4.39. The minimum absolute atomic E-state index is 0.263. The SMILES string of the molecule is c1ncn(C2CC2)c1C1OCCC1CNC1CC1. The van der Waals surface area contributed by atoms with Crippen LogP contribution < -0.4 is 5.32 Å². The van der Waals surface area contributed by atoms with Crippen molar-refractivity contribution in [3.8, 4) is 0 Å². The summed E-state index contributed by atoms with van der Waals surface area (Å²) in [7, 11) is 0. The molecule has 1 aromatic rings. The van der Waals surface area contributed by atoms with E-state index in [1.807, 2.05) is 12.5 Å². The fourth-order valence-corrected chi connectivity index (χ4v) is 2.97. The van der Waals surface area contributed by atoms with Gasteiger partial charge in [-0.2, -0.15) is 0 Å². The van der Waals surface area contributed by atoms with E-state index in [1.165, 1.54) is 37.8 Å². The van der Waals surface area contributed by atoms with Gasteiger partial charge >= 0.3 is 0 Å². The predicted molar refractivity (Wildman–Crippen MR) is 68.3 cm³/mol. The Labute approximate surface area is 108 Å². The molecule has 18 heavy (non-hydrogen) atoms. The lowest BCUT2D eigenvalue weighted by Crippen LogP contribution is -2.27. The molecule has 2 unspecified atom stereocenters. The van der Waals surface area contributed by atoms with Gasteiger partial charge < -0.3 is 14.6 Å². The van der Waals surface area contributed by atoms with Crippen LogP contribution in [0.15, 0.2) is 12.5 Å². The summed E-state index contributed by atoms with van der Waals surface area (Å²) in [6, 6.07) is 1.49. The van der Waals surface area contributed by atoms with Gasteiger partial charge in [-0.15, -0.1) is 0 Å². The molecule has 3 aliphatic rings. The van der Waals surface area contributed by atoms with Crippen molar-refractivity contribution in [1.29, 1.82) is 0 Å². The highest BCUT2D eigenvalue weighted by Gasteiger charge is 2.35. The molecule has 1 aliphatic heterocycles. The lowest BCUT2D eigenvalue weighted by atomic mass is 9.99. The molecule has 1 aromatic heterocycles. The minimum atomic E-state index is 0.263. The molecule has 0 aromatic carbocycles. The van der Waals surface area contributed by atoms with Gasteiger partial charge in [0.15, 0.2) is 0 Å². The maximum absolute atomic E-state index is 5.98. The van der Waals surface area contributed by atoms with Crippen LogP contribution in [0.25, 0.3) is 0 Å². The molecule has 98 valence electrons. The first-order valence-corrected chi connectivity index (χ1v) is 7.28. The number of hydrogen-bond acceptors (Lipinski definition) is 3. The van der Waals surface area contributed by atoms with Crippen molar-refractivity contribution in [3.05, 3.63) is 18.2 Å². The van der Waals surface area contributed by atoms with Crippen LogP contribution >= 0.6 is 0 Å². The van der Waals surface area contributed by atoms with Gasteiger partial charge in [0.1, 0.15) is 6.10 Å². The molecule has 4 rings (SSSR count). The Morgan fingerprint density at radius 1 is 1.28 bits per heavy atom. The molecule has 1 N–H and O–H groups in total. The van der Waals surface area contributed by atoms with Gasteiger partial charge in [-0.1, -0.05) is 0 Å². The Morgan fingerprint density at radius 3 is 2.94 bits per heavy atom. The van der Waals surface area contributed by atoms with Crippen LogP contribution in [0.1, 0.15) is 49.9 Å². The zero-order valence-corrected chi connectivity index (χ0v) is 10.7. The second-order valence-corrected chi connectivity index (χ2v) is 5.98. The van der Waals surface area contributed by atoms with E-state index in [4.69, 9.17) is 4.74 Å². The highest BCUT2D eigenvalue weighted by atomic mass is 16.5. The van der Waals surface area contributed by atoms with Gasteiger partial charge in [0.2, 0.25) is 0 Å². The average molecular weight is 247 g/mol. The zero-order chi connectivity index (χ0) is 11.9. The molecule has 3 fully saturated rings. The van der Waals surface area contributed by atoms with E-state index in [0.29, 0.717) is 12.0 Å². The molecule has 2 heterocycles. The van der Waals surface area contributed by atoms with Crippen molar-refractivity contribution in [2.75, 3.05) is 13.2 Å². The van der Waals surface area contributed by atoms with Crippen LogP contribution in [0.4, 0.5) is 0 Å². The van der Waals surface area contributed by atoms with Gasteiger partial charge in [-0.05, 0) is 32.1 Å². The van der Waals surface area contributed by atoms with Crippen molar-refractivity contribution in [2.24, 2.45) is 5.92 Å². The van der Waals surface area contributed by atoms with Gasteiger partial charge in [0.25, 0.3) is 0 Å². The smallest absolute Gasteiger partial charge is 0.103 e. The van der Waals surface area contributed by atoms with E-state index < -0.39 is 0 Å².